The second-order valence-corrected chi connectivity index (χ2v) is 5.61. The molecule has 0 aliphatic carbocycles. The van der Waals surface area contributed by atoms with Crippen molar-refractivity contribution in [2.24, 2.45) is 0 Å². The molecule has 0 heterocycles. The van der Waals surface area contributed by atoms with Gasteiger partial charge in [0.2, 0.25) is 0 Å². The smallest absolute Gasteiger partial charge is 0.309 e. The van der Waals surface area contributed by atoms with Crippen LogP contribution in [0.3, 0.4) is 0 Å². The van der Waals surface area contributed by atoms with Gasteiger partial charge < -0.3 is 9.47 Å². The van der Waals surface area contributed by atoms with Gasteiger partial charge in [0.05, 0.1) is 13.0 Å². The summed E-state index contributed by atoms with van der Waals surface area (Å²) in [4.78, 5) is 11.6. The molecule has 0 saturated heterocycles. The van der Waals surface area contributed by atoms with Crippen LogP contribution in [0.2, 0.25) is 0 Å². The summed E-state index contributed by atoms with van der Waals surface area (Å²) in [6.07, 6.45) is 0.0174. The van der Waals surface area contributed by atoms with Crippen molar-refractivity contribution in [3.05, 3.63) is 54.6 Å². The Hall–Kier alpha value is -2.55. The highest BCUT2D eigenvalue weighted by Gasteiger charge is 2.13. The van der Waals surface area contributed by atoms with Crippen LogP contribution < -0.4 is 4.74 Å². The van der Waals surface area contributed by atoms with Gasteiger partial charge in [0, 0.05) is 5.39 Å². The van der Waals surface area contributed by atoms with Crippen LogP contribution in [0.5, 0.6) is 5.75 Å². The van der Waals surface area contributed by atoms with Gasteiger partial charge in [-0.3, -0.25) is 4.79 Å². The van der Waals surface area contributed by atoms with Crippen LogP contribution in [0.15, 0.2) is 54.6 Å². The molecule has 1 unspecified atom stereocenters. The fourth-order valence-electron chi connectivity index (χ4n) is 2.75. The Morgan fingerprint density at radius 3 is 2.43 bits per heavy atom. The lowest BCUT2D eigenvalue weighted by atomic mass is 10.0. The summed E-state index contributed by atoms with van der Waals surface area (Å²) in [7, 11) is 0. The number of esters is 1. The van der Waals surface area contributed by atoms with Gasteiger partial charge in [-0.2, -0.15) is 0 Å². The van der Waals surface area contributed by atoms with E-state index in [-0.39, 0.29) is 18.5 Å². The van der Waals surface area contributed by atoms with E-state index in [4.69, 9.17) is 9.47 Å². The third kappa shape index (κ3) is 3.45. The van der Waals surface area contributed by atoms with Gasteiger partial charge in [0.15, 0.2) is 0 Å². The number of carbonyl (C=O) groups is 1. The van der Waals surface area contributed by atoms with Crippen molar-refractivity contribution >= 4 is 27.5 Å². The SMILES string of the molecule is CCOC(=O)CC(C)Oc1cccc2cc3ccccc3cc12. The van der Waals surface area contributed by atoms with E-state index in [1.807, 2.05) is 31.2 Å². The second kappa shape index (κ2) is 6.69. The molecule has 3 heteroatoms. The number of ether oxygens (including phenoxy) is 2. The van der Waals surface area contributed by atoms with Gasteiger partial charge in [0.1, 0.15) is 11.9 Å². The van der Waals surface area contributed by atoms with Crippen LogP contribution in [0.1, 0.15) is 20.3 Å². The van der Waals surface area contributed by atoms with Crippen LogP contribution in [0.4, 0.5) is 0 Å². The van der Waals surface area contributed by atoms with Crippen molar-refractivity contribution < 1.29 is 14.3 Å². The fraction of sp³-hybridized carbons (Fsp3) is 0.250. The van der Waals surface area contributed by atoms with Crippen molar-refractivity contribution in [3.8, 4) is 5.75 Å². The van der Waals surface area contributed by atoms with E-state index in [0.29, 0.717) is 6.61 Å². The Morgan fingerprint density at radius 2 is 1.70 bits per heavy atom. The quantitative estimate of drug-likeness (QED) is 0.505. The number of carbonyl (C=O) groups excluding carboxylic acids is 1. The van der Waals surface area contributed by atoms with Crippen LogP contribution in [-0.2, 0) is 9.53 Å². The van der Waals surface area contributed by atoms with Crippen molar-refractivity contribution in [2.75, 3.05) is 6.61 Å². The first-order valence-electron chi connectivity index (χ1n) is 7.91. The fourth-order valence-corrected chi connectivity index (χ4v) is 2.75. The molecule has 3 rings (SSSR count). The topological polar surface area (TPSA) is 35.5 Å². The highest BCUT2D eigenvalue weighted by atomic mass is 16.5. The van der Waals surface area contributed by atoms with Gasteiger partial charge in [0.25, 0.3) is 0 Å². The first kappa shape index (κ1) is 15.3. The minimum Gasteiger partial charge on any atom is -0.489 e. The average Bonchev–Trinajstić information content (AvgIpc) is 2.53. The molecule has 3 aromatic carbocycles. The van der Waals surface area contributed by atoms with E-state index in [0.717, 1.165) is 16.5 Å². The predicted molar refractivity (Wildman–Crippen MR) is 92.8 cm³/mol. The lowest BCUT2D eigenvalue weighted by molar-refractivity contribution is -0.144. The first-order valence-corrected chi connectivity index (χ1v) is 7.91. The second-order valence-electron chi connectivity index (χ2n) is 5.61. The summed E-state index contributed by atoms with van der Waals surface area (Å²) >= 11 is 0. The van der Waals surface area contributed by atoms with Gasteiger partial charge in [-0.25, -0.2) is 0 Å². The lowest BCUT2D eigenvalue weighted by Crippen LogP contribution is -2.18. The van der Waals surface area contributed by atoms with Gasteiger partial charge in [-0.1, -0.05) is 36.4 Å². The normalized spacial score (nSPS) is 12.3. The molecule has 0 fully saturated rings. The Labute approximate surface area is 135 Å². The lowest BCUT2D eigenvalue weighted by Gasteiger charge is -2.16. The molecular weight excluding hydrogens is 288 g/mol. The van der Waals surface area contributed by atoms with E-state index < -0.39 is 0 Å². The van der Waals surface area contributed by atoms with Crippen molar-refractivity contribution in [1.29, 1.82) is 0 Å². The Kier molecular flexibility index (Phi) is 4.47. The first-order chi connectivity index (χ1) is 11.2. The highest BCUT2D eigenvalue weighted by molar-refractivity contribution is 6.00. The molecule has 118 valence electrons. The molecule has 3 nitrogen and oxygen atoms in total. The maximum atomic E-state index is 11.6. The number of rotatable bonds is 5. The van der Waals surface area contributed by atoms with Crippen LogP contribution in [0.25, 0.3) is 21.5 Å². The third-order valence-corrected chi connectivity index (χ3v) is 3.79. The largest absolute Gasteiger partial charge is 0.489 e. The molecule has 23 heavy (non-hydrogen) atoms. The average molecular weight is 308 g/mol. The van der Waals surface area contributed by atoms with E-state index in [2.05, 4.69) is 30.3 Å². The van der Waals surface area contributed by atoms with Crippen molar-refractivity contribution in [1.82, 2.24) is 0 Å². The summed E-state index contributed by atoms with van der Waals surface area (Å²) < 4.78 is 11.0. The Bertz CT molecular complexity index is 839. The van der Waals surface area contributed by atoms with Crippen LogP contribution in [0, 0.1) is 0 Å². The summed E-state index contributed by atoms with van der Waals surface area (Å²) in [6.45, 7) is 4.09. The summed E-state index contributed by atoms with van der Waals surface area (Å²) in [5.41, 5.74) is 0. The molecule has 0 radical (unpaired) electrons. The molecule has 0 amide bonds. The van der Waals surface area contributed by atoms with E-state index in [9.17, 15) is 4.79 Å². The van der Waals surface area contributed by atoms with E-state index >= 15 is 0 Å². The molecular formula is C20H20O3. The highest BCUT2D eigenvalue weighted by Crippen LogP contribution is 2.30. The third-order valence-electron chi connectivity index (χ3n) is 3.79. The van der Waals surface area contributed by atoms with Gasteiger partial charge in [-0.15, -0.1) is 0 Å². The molecule has 1 atom stereocenters. The Balaban J connectivity index is 1.91. The van der Waals surface area contributed by atoms with E-state index in [1.165, 1.54) is 10.8 Å². The number of benzene rings is 3. The van der Waals surface area contributed by atoms with E-state index in [1.54, 1.807) is 6.92 Å². The standard InChI is InChI=1S/C20H20O3/c1-3-22-20(21)11-14(2)23-19-10-6-9-17-12-15-7-4-5-8-16(15)13-18(17)19/h4-10,12-14H,3,11H2,1-2H3. The minimum absolute atomic E-state index is 0.230. The number of hydrogen-bond donors (Lipinski definition) is 0. The molecule has 0 aliphatic rings. The van der Waals surface area contributed by atoms with Gasteiger partial charge in [-0.05, 0) is 48.2 Å². The molecule has 0 bridgehead atoms. The predicted octanol–water partition coefficient (Wildman–Crippen LogP) is 4.71. The van der Waals surface area contributed by atoms with Gasteiger partial charge >= 0.3 is 5.97 Å². The van der Waals surface area contributed by atoms with Crippen molar-refractivity contribution in [2.45, 2.75) is 26.4 Å². The summed E-state index contributed by atoms with van der Waals surface area (Å²) in [6, 6.07) is 18.5. The summed E-state index contributed by atoms with van der Waals surface area (Å²) in [5.74, 6) is 0.565. The maximum absolute atomic E-state index is 11.6. The van der Waals surface area contributed by atoms with Crippen LogP contribution >= 0.6 is 0 Å². The van der Waals surface area contributed by atoms with Crippen molar-refractivity contribution in [3.63, 3.8) is 0 Å². The molecule has 0 spiro atoms. The molecule has 0 aliphatic heterocycles. The monoisotopic (exact) mass is 308 g/mol. The number of fused-ring (bicyclic) bond motifs is 2. The molecule has 3 aromatic rings. The maximum Gasteiger partial charge on any atom is 0.309 e. The zero-order chi connectivity index (χ0) is 16.2. The zero-order valence-corrected chi connectivity index (χ0v) is 13.4. The zero-order valence-electron chi connectivity index (χ0n) is 13.4. The Morgan fingerprint density at radius 1 is 1.00 bits per heavy atom. The summed E-state index contributed by atoms with van der Waals surface area (Å²) in [5, 5.41) is 4.57. The molecule has 0 aromatic heterocycles. The molecule has 0 N–H and O–H groups in total. The number of hydrogen-bond acceptors (Lipinski definition) is 3. The molecule has 0 saturated carbocycles. The van der Waals surface area contributed by atoms with Crippen LogP contribution in [-0.4, -0.2) is 18.7 Å². The minimum atomic E-state index is -0.231.